The van der Waals surface area contributed by atoms with Gasteiger partial charge in [-0.2, -0.15) is 0 Å². The number of carbonyl (C=O) groups is 1. The molecule has 0 aliphatic rings. The quantitative estimate of drug-likeness (QED) is 0.888. The molecule has 1 aromatic carbocycles. The Morgan fingerprint density at radius 1 is 1.30 bits per heavy atom. The second-order valence-electron chi connectivity index (χ2n) is 5.66. The second kappa shape index (κ2) is 7.13. The zero-order valence-electron chi connectivity index (χ0n) is 14.1. The number of nitrogens with zero attached hydrogens (tertiary/aromatic N) is 3. The van der Waals surface area contributed by atoms with Gasteiger partial charge in [0.15, 0.2) is 5.82 Å². The number of rotatable bonds is 5. The van der Waals surface area contributed by atoms with Crippen molar-refractivity contribution in [3.8, 4) is 5.75 Å². The molecular formula is C16H23N5O2. The van der Waals surface area contributed by atoms with Gasteiger partial charge in [0.25, 0.3) is 0 Å². The molecule has 0 bridgehead atoms. The number of aryl methyl sites for hydroxylation is 1. The summed E-state index contributed by atoms with van der Waals surface area (Å²) in [6.45, 7) is 7.87. The molecule has 0 fully saturated rings. The Balaban J connectivity index is 2.09. The minimum Gasteiger partial charge on any atom is -0.495 e. The molecule has 0 spiro atoms. The van der Waals surface area contributed by atoms with E-state index in [1.165, 1.54) is 0 Å². The number of para-hydroxylation sites is 1. The Morgan fingerprint density at radius 2 is 2.04 bits per heavy atom. The highest BCUT2D eigenvalue weighted by molar-refractivity contribution is 5.92. The summed E-state index contributed by atoms with van der Waals surface area (Å²) in [6.07, 6.45) is 1.67. The molecule has 7 nitrogen and oxygen atoms in total. The monoisotopic (exact) mass is 317 g/mol. The topological polar surface area (TPSA) is 81.1 Å². The van der Waals surface area contributed by atoms with Gasteiger partial charge < -0.3 is 19.9 Å². The third-order valence-electron chi connectivity index (χ3n) is 3.59. The van der Waals surface area contributed by atoms with Crippen LogP contribution in [0.3, 0.4) is 0 Å². The number of amides is 2. The number of hydrogen-bond donors (Lipinski definition) is 2. The van der Waals surface area contributed by atoms with Crippen LogP contribution in [0.25, 0.3) is 0 Å². The third kappa shape index (κ3) is 3.80. The number of ether oxygens (including phenoxy) is 1. The van der Waals surface area contributed by atoms with Crippen LogP contribution in [0.2, 0.25) is 0 Å². The van der Waals surface area contributed by atoms with Crippen molar-refractivity contribution >= 4 is 11.7 Å². The predicted molar refractivity (Wildman–Crippen MR) is 88.7 cm³/mol. The lowest BCUT2D eigenvalue weighted by atomic mass is 10.2. The van der Waals surface area contributed by atoms with Gasteiger partial charge in [0.1, 0.15) is 12.1 Å². The van der Waals surface area contributed by atoms with Gasteiger partial charge in [-0.05, 0) is 39.3 Å². The van der Waals surface area contributed by atoms with Crippen molar-refractivity contribution in [3.63, 3.8) is 0 Å². The van der Waals surface area contributed by atoms with Gasteiger partial charge in [0.2, 0.25) is 0 Å². The summed E-state index contributed by atoms with van der Waals surface area (Å²) in [7, 11) is 1.57. The zero-order valence-corrected chi connectivity index (χ0v) is 14.1. The molecule has 0 radical (unpaired) electrons. The predicted octanol–water partition coefficient (Wildman–Crippen LogP) is 3.06. The maximum Gasteiger partial charge on any atom is 0.319 e. The summed E-state index contributed by atoms with van der Waals surface area (Å²) < 4.78 is 7.22. The molecule has 23 heavy (non-hydrogen) atoms. The van der Waals surface area contributed by atoms with E-state index < -0.39 is 0 Å². The molecule has 124 valence electrons. The molecule has 0 aliphatic carbocycles. The first-order valence-corrected chi connectivity index (χ1v) is 7.54. The number of nitrogens with one attached hydrogen (secondary N) is 2. The van der Waals surface area contributed by atoms with Crippen molar-refractivity contribution in [1.82, 2.24) is 20.1 Å². The summed E-state index contributed by atoms with van der Waals surface area (Å²) in [5.74, 6) is 1.34. The molecule has 1 atom stereocenters. The van der Waals surface area contributed by atoms with Crippen molar-refractivity contribution in [2.24, 2.45) is 0 Å². The molecule has 2 aromatic rings. The summed E-state index contributed by atoms with van der Waals surface area (Å²) >= 11 is 0. The van der Waals surface area contributed by atoms with Crippen LogP contribution in [0.5, 0.6) is 5.75 Å². The van der Waals surface area contributed by atoms with Crippen LogP contribution < -0.4 is 15.4 Å². The first kappa shape index (κ1) is 16.8. The van der Waals surface area contributed by atoms with Crippen molar-refractivity contribution in [2.45, 2.75) is 39.8 Å². The molecule has 7 heteroatoms. The van der Waals surface area contributed by atoms with E-state index in [0.29, 0.717) is 17.3 Å². The SMILES string of the molecule is COc1cccc(C)c1NC(=O)NC(C)c1nncn1C(C)C. The van der Waals surface area contributed by atoms with Gasteiger partial charge in [0.05, 0.1) is 18.8 Å². The van der Waals surface area contributed by atoms with Crippen LogP contribution in [0, 0.1) is 6.92 Å². The minimum absolute atomic E-state index is 0.226. The maximum absolute atomic E-state index is 12.3. The Bertz CT molecular complexity index is 681. The Kier molecular flexibility index (Phi) is 5.20. The highest BCUT2D eigenvalue weighted by Gasteiger charge is 2.18. The number of urea groups is 1. The van der Waals surface area contributed by atoms with E-state index in [0.717, 1.165) is 5.56 Å². The largest absolute Gasteiger partial charge is 0.495 e. The third-order valence-corrected chi connectivity index (χ3v) is 3.59. The molecule has 2 rings (SSSR count). The Morgan fingerprint density at radius 3 is 2.70 bits per heavy atom. The first-order valence-electron chi connectivity index (χ1n) is 7.54. The first-order chi connectivity index (χ1) is 10.9. The van der Waals surface area contributed by atoms with Crippen LogP contribution in [0.1, 0.15) is 44.2 Å². The molecule has 0 saturated heterocycles. The van der Waals surface area contributed by atoms with Gasteiger partial charge in [-0.15, -0.1) is 10.2 Å². The molecule has 0 saturated carbocycles. The number of benzene rings is 1. The fourth-order valence-corrected chi connectivity index (χ4v) is 2.34. The molecular weight excluding hydrogens is 294 g/mol. The normalized spacial score (nSPS) is 12.1. The molecule has 1 heterocycles. The lowest BCUT2D eigenvalue weighted by molar-refractivity contribution is 0.248. The second-order valence-corrected chi connectivity index (χ2v) is 5.66. The van der Waals surface area contributed by atoms with Gasteiger partial charge in [0, 0.05) is 6.04 Å². The van der Waals surface area contributed by atoms with Gasteiger partial charge in [-0.1, -0.05) is 12.1 Å². The number of aromatic nitrogens is 3. The molecule has 2 N–H and O–H groups in total. The van der Waals surface area contributed by atoms with Crippen molar-refractivity contribution in [2.75, 3.05) is 12.4 Å². The summed E-state index contributed by atoms with van der Waals surface area (Å²) in [5, 5.41) is 13.7. The lowest BCUT2D eigenvalue weighted by Gasteiger charge is -2.18. The van der Waals surface area contributed by atoms with Gasteiger partial charge >= 0.3 is 6.03 Å². The Labute approximate surface area is 136 Å². The van der Waals surface area contributed by atoms with E-state index in [9.17, 15) is 4.79 Å². The van der Waals surface area contributed by atoms with Crippen LogP contribution in [0.4, 0.5) is 10.5 Å². The number of methoxy groups -OCH3 is 1. The number of anilines is 1. The van der Waals surface area contributed by atoms with E-state index in [1.807, 2.05) is 44.4 Å². The average Bonchev–Trinajstić information content (AvgIpc) is 2.99. The highest BCUT2D eigenvalue weighted by Crippen LogP contribution is 2.27. The van der Waals surface area contributed by atoms with Gasteiger partial charge in [-0.3, -0.25) is 0 Å². The van der Waals surface area contributed by atoms with E-state index in [2.05, 4.69) is 20.8 Å². The van der Waals surface area contributed by atoms with Crippen LogP contribution >= 0.6 is 0 Å². The molecule has 1 unspecified atom stereocenters. The minimum atomic E-state index is -0.316. The lowest BCUT2D eigenvalue weighted by Crippen LogP contribution is -2.33. The van der Waals surface area contributed by atoms with E-state index in [4.69, 9.17) is 4.74 Å². The van der Waals surface area contributed by atoms with Crippen molar-refractivity contribution < 1.29 is 9.53 Å². The van der Waals surface area contributed by atoms with Crippen LogP contribution in [-0.2, 0) is 0 Å². The summed E-state index contributed by atoms with van der Waals surface area (Å²) in [6, 6.07) is 5.24. The zero-order chi connectivity index (χ0) is 17.0. The van der Waals surface area contributed by atoms with Crippen LogP contribution in [-0.4, -0.2) is 27.9 Å². The Hall–Kier alpha value is -2.57. The fraction of sp³-hybridized carbons (Fsp3) is 0.438. The maximum atomic E-state index is 12.3. The summed E-state index contributed by atoms with van der Waals surface area (Å²) in [5.41, 5.74) is 1.59. The van der Waals surface area contributed by atoms with E-state index in [-0.39, 0.29) is 18.1 Å². The van der Waals surface area contributed by atoms with Crippen molar-refractivity contribution in [3.05, 3.63) is 35.9 Å². The molecule has 1 aromatic heterocycles. The molecule has 0 aliphatic heterocycles. The summed E-state index contributed by atoms with van der Waals surface area (Å²) in [4.78, 5) is 12.3. The average molecular weight is 317 g/mol. The standard InChI is InChI=1S/C16H23N5O2/c1-10(2)21-9-17-20-15(21)12(4)18-16(22)19-14-11(3)7-6-8-13(14)23-5/h6-10,12H,1-5H3,(H2,18,19,22). The van der Waals surface area contributed by atoms with Crippen LogP contribution in [0.15, 0.2) is 24.5 Å². The molecule has 2 amide bonds. The van der Waals surface area contributed by atoms with E-state index in [1.54, 1.807) is 19.5 Å². The highest BCUT2D eigenvalue weighted by atomic mass is 16.5. The van der Waals surface area contributed by atoms with Crippen molar-refractivity contribution in [1.29, 1.82) is 0 Å². The number of hydrogen-bond acceptors (Lipinski definition) is 4. The van der Waals surface area contributed by atoms with Gasteiger partial charge in [-0.25, -0.2) is 4.79 Å². The smallest absolute Gasteiger partial charge is 0.319 e. The number of carbonyl (C=O) groups excluding carboxylic acids is 1. The van der Waals surface area contributed by atoms with E-state index >= 15 is 0 Å². The fourth-order valence-electron chi connectivity index (χ4n) is 2.34.